The molecule has 1 aromatic rings. The highest BCUT2D eigenvalue weighted by molar-refractivity contribution is 9.10. The van der Waals surface area contributed by atoms with E-state index in [1.807, 2.05) is 6.07 Å². The Morgan fingerprint density at radius 1 is 1.32 bits per heavy atom. The predicted molar refractivity (Wildman–Crippen MR) is 80.4 cm³/mol. The van der Waals surface area contributed by atoms with E-state index in [9.17, 15) is 4.79 Å². The molecule has 0 bridgehead atoms. The van der Waals surface area contributed by atoms with Gasteiger partial charge in [-0.15, -0.1) is 0 Å². The Kier molecular flexibility index (Phi) is 3.86. The van der Waals surface area contributed by atoms with Crippen LogP contribution in [0, 0.1) is 17.8 Å². The van der Waals surface area contributed by atoms with Crippen molar-refractivity contribution in [2.45, 2.75) is 25.7 Å². The number of carbonyl (C=O) groups excluding carboxylic acids is 1. The molecular weight excluding hydrogens is 326 g/mol. The fourth-order valence-corrected chi connectivity index (χ4v) is 3.31. The molecule has 0 aromatic heterocycles. The third kappa shape index (κ3) is 3.32. The van der Waals surface area contributed by atoms with Gasteiger partial charge in [0.1, 0.15) is 0 Å². The van der Waals surface area contributed by atoms with E-state index in [4.69, 9.17) is 11.6 Å². The SMILES string of the molecule is O=C(NCC(C1CC1)C1CC1)c1cc(Br)ccc1Cl. The van der Waals surface area contributed by atoms with Gasteiger partial charge < -0.3 is 5.32 Å². The zero-order chi connectivity index (χ0) is 13.4. The molecule has 0 saturated heterocycles. The van der Waals surface area contributed by atoms with E-state index in [1.165, 1.54) is 25.7 Å². The van der Waals surface area contributed by atoms with Gasteiger partial charge in [-0.25, -0.2) is 0 Å². The topological polar surface area (TPSA) is 29.1 Å². The molecule has 3 rings (SSSR count). The van der Waals surface area contributed by atoms with Crippen molar-refractivity contribution in [2.24, 2.45) is 17.8 Å². The van der Waals surface area contributed by atoms with Gasteiger partial charge in [-0.3, -0.25) is 4.79 Å². The maximum absolute atomic E-state index is 12.2. The van der Waals surface area contributed by atoms with Crippen LogP contribution in [-0.4, -0.2) is 12.5 Å². The summed E-state index contributed by atoms with van der Waals surface area (Å²) < 4.78 is 0.878. The largest absolute Gasteiger partial charge is 0.352 e. The fourth-order valence-electron chi connectivity index (χ4n) is 2.74. The first kappa shape index (κ1) is 13.4. The highest BCUT2D eigenvalue weighted by Crippen LogP contribution is 2.48. The molecule has 19 heavy (non-hydrogen) atoms. The Hall–Kier alpha value is -0.540. The number of hydrogen-bond acceptors (Lipinski definition) is 1. The van der Waals surface area contributed by atoms with Crippen molar-refractivity contribution in [1.29, 1.82) is 0 Å². The number of hydrogen-bond donors (Lipinski definition) is 1. The summed E-state index contributed by atoms with van der Waals surface area (Å²) in [6.07, 6.45) is 5.37. The number of halogens is 2. The molecule has 2 saturated carbocycles. The first-order valence-corrected chi connectivity index (χ1v) is 8.05. The van der Waals surface area contributed by atoms with Gasteiger partial charge >= 0.3 is 0 Å². The van der Waals surface area contributed by atoms with Crippen LogP contribution in [0.2, 0.25) is 5.02 Å². The third-order valence-corrected chi connectivity index (χ3v) is 4.95. The average Bonchev–Trinajstić information content (AvgIpc) is 3.25. The molecular formula is C15H17BrClNO. The molecule has 0 heterocycles. The Morgan fingerprint density at radius 3 is 2.53 bits per heavy atom. The van der Waals surface area contributed by atoms with Crippen molar-refractivity contribution in [1.82, 2.24) is 5.32 Å². The minimum Gasteiger partial charge on any atom is -0.352 e. The van der Waals surface area contributed by atoms with Gasteiger partial charge in [0.2, 0.25) is 0 Å². The van der Waals surface area contributed by atoms with Gasteiger partial charge in [0.15, 0.2) is 0 Å². The van der Waals surface area contributed by atoms with Crippen LogP contribution in [0.3, 0.4) is 0 Å². The van der Waals surface area contributed by atoms with Crippen molar-refractivity contribution in [3.05, 3.63) is 33.3 Å². The van der Waals surface area contributed by atoms with Crippen LogP contribution in [0.15, 0.2) is 22.7 Å². The number of benzene rings is 1. The molecule has 2 nitrogen and oxygen atoms in total. The molecule has 1 aromatic carbocycles. The first-order chi connectivity index (χ1) is 9.15. The third-order valence-electron chi connectivity index (χ3n) is 4.13. The summed E-state index contributed by atoms with van der Waals surface area (Å²) in [6.45, 7) is 0.803. The zero-order valence-corrected chi connectivity index (χ0v) is 13.0. The second-order valence-electron chi connectivity index (χ2n) is 5.67. The summed E-state index contributed by atoms with van der Waals surface area (Å²) >= 11 is 9.45. The maximum atomic E-state index is 12.2. The zero-order valence-electron chi connectivity index (χ0n) is 10.7. The second kappa shape index (κ2) is 5.45. The van der Waals surface area contributed by atoms with Gasteiger partial charge in [0, 0.05) is 11.0 Å². The number of carbonyl (C=O) groups is 1. The highest BCUT2D eigenvalue weighted by atomic mass is 79.9. The van der Waals surface area contributed by atoms with Crippen LogP contribution < -0.4 is 5.32 Å². The summed E-state index contributed by atoms with van der Waals surface area (Å²) in [6, 6.07) is 5.37. The van der Waals surface area contributed by atoms with Crippen molar-refractivity contribution < 1.29 is 4.79 Å². The Balaban J connectivity index is 1.62. The molecule has 0 radical (unpaired) electrons. The predicted octanol–water partition coefficient (Wildman–Crippen LogP) is 4.27. The van der Waals surface area contributed by atoms with Gasteiger partial charge in [0.25, 0.3) is 5.91 Å². The Morgan fingerprint density at radius 2 is 1.95 bits per heavy atom. The fraction of sp³-hybridized carbons (Fsp3) is 0.533. The van der Waals surface area contributed by atoms with Crippen molar-refractivity contribution >= 4 is 33.4 Å². The van der Waals surface area contributed by atoms with Crippen LogP contribution in [0.5, 0.6) is 0 Å². The van der Waals surface area contributed by atoms with Gasteiger partial charge in [-0.05, 0) is 61.6 Å². The monoisotopic (exact) mass is 341 g/mol. The summed E-state index contributed by atoms with van der Waals surface area (Å²) in [7, 11) is 0. The molecule has 0 atom stereocenters. The standard InChI is InChI=1S/C15H17BrClNO/c16-11-5-6-14(17)12(7-11)15(19)18-8-13(9-1-2-9)10-3-4-10/h5-7,9-10,13H,1-4,8H2,(H,18,19). The molecule has 0 unspecified atom stereocenters. The minimum absolute atomic E-state index is 0.0578. The van der Waals surface area contributed by atoms with E-state index in [2.05, 4.69) is 21.2 Å². The number of rotatable bonds is 5. The lowest BCUT2D eigenvalue weighted by atomic mass is 9.98. The average molecular weight is 343 g/mol. The summed E-state index contributed by atoms with van der Waals surface area (Å²) in [5.41, 5.74) is 0.557. The van der Waals surface area contributed by atoms with Crippen molar-refractivity contribution in [3.8, 4) is 0 Å². The summed E-state index contributed by atoms with van der Waals surface area (Å²) in [4.78, 5) is 12.2. The first-order valence-electron chi connectivity index (χ1n) is 6.88. The summed E-state index contributed by atoms with van der Waals surface area (Å²) in [5, 5.41) is 3.57. The van der Waals surface area contributed by atoms with Gasteiger partial charge in [-0.2, -0.15) is 0 Å². The maximum Gasteiger partial charge on any atom is 0.252 e. The Bertz CT molecular complexity index is 485. The quantitative estimate of drug-likeness (QED) is 0.850. The molecule has 2 aliphatic rings. The molecule has 102 valence electrons. The van der Waals surface area contributed by atoms with Crippen molar-refractivity contribution in [2.75, 3.05) is 6.54 Å². The van der Waals surface area contributed by atoms with Crippen LogP contribution in [0.1, 0.15) is 36.0 Å². The van der Waals surface area contributed by atoms with Crippen LogP contribution >= 0.6 is 27.5 Å². The van der Waals surface area contributed by atoms with E-state index in [-0.39, 0.29) is 5.91 Å². The molecule has 1 amide bonds. The molecule has 2 fully saturated rings. The molecule has 2 aliphatic carbocycles. The van der Waals surface area contributed by atoms with Crippen LogP contribution in [-0.2, 0) is 0 Å². The van der Waals surface area contributed by atoms with E-state index >= 15 is 0 Å². The lowest BCUT2D eigenvalue weighted by molar-refractivity contribution is 0.0943. The van der Waals surface area contributed by atoms with E-state index < -0.39 is 0 Å². The van der Waals surface area contributed by atoms with Gasteiger partial charge in [-0.1, -0.05) is 27.5 Å². The van der Waals surface area contributed by atoms with E-state index in [0.717, 1.165) is 22.9 Å². The molecule has 0 spiro atoms. The highest BCUT2D eigenvalue weighted by Gasteiger charge is 2.41. The number of nitrogens with one attached hydrogen (secondary N) is 1. The van der Waals surface area contributed by atoms with E-state index in [1.54, 1.807) is 12.1 Å². The normalized spacial score (nSPS) is 18.7. The van der Waals surface area contributed by atoms with Gasteiger partial charge in [0.05, 0.1) is 10.6 Å². The minimum atomic E-state index is -0.0578. The van der Waals surface area contributed by atoms with Crippen LogP contribution in [0.25, 0.3) is 0 Å². The molecule has 0 aliphatic heterocycles. The second-order valence-corrected chi connectivity index (χ2v) is 7.00. The molecule has 4 heteroatoms. The van der Waals surface area contributed by atoms with E-state index in [0.29, 0.717) is 16.5 Å². The Labute approximate surface area is 127 Å². The lowest BCUT2D eigenvalue weighted by Crippen LogP contribution is -2.31. The van der Waals surface area contributed by atoms with Crippen molar-refractivity contribution in [3.63, 3.8) is 0 Å². The molecule has 1 N–H and O–H groups in total. The summed E-state index contributed by atoms with van der Waals surface area (Å²) in [5.74, 6) is 2.34. The smallest absolute Gasteiger partial charge is 0.252 e. The lowest BCUT2D eigenvalue weighted by Gasteiger charge is -2.16. The number of amides is 1. The van der Waals surface area contributed by atoms with Crippen LogP contribution in [0.4, 0.5) is 0 Å².